The molecule has 0 N–H and O–H groups in total. The standard InChI is InChI=1S/C21H25NO3S/c1-15-10-11-18-16(13-20(23)25-21(2,3)4)14-26(24,22-19(18)12-15)17-8-6-5-7-9-17/h5-12,16H,13-14H2,1-4H3/t16-,26?/m1/s1. The third-order valence-corrected chi connectivity index (χ3v) is 6.60. The second-order valence-corrected chi connectivity index (χ2v) is 10.0. The van der Waals surface area contributed by atoms with Crippen LogP contribution >= 0.6 is 0 Å². The highest BCUT2D eigenvalue weighted by molar-refractivity contribution is 8.00. The van der Waals surface area contributed by atoms with Crippen molar-refractivity contribution in [3.63, 3.8) is 0 Å². The highest BCUT2D eigenvalue weighted by Gasteiger charge is 2.34. The van der Waals surface area contributed by atoms with Crippen LogP contribution in [-0.4, -0.2) is 21.9 Å². The first-order valence-electron chi connectivity index (χ1n) is 8.79. The first-order chi connectivity index (χ1) is 12.2. The molecule has 0 bridgehead atoms. The van der Waals surface area contributed by atoms with Gasteiger partial charge >= 0.3 is 5.97 Å². The summed E-state index contributed by atoms with van der Waals surface area (Å²) in [5.41, 5.74) is 2.21. The summed E-state index contributed by atoms with van der Waals surface area (Å²) in [5.74, 6) is -0.122. The molecule has 26 heavy (non-hydrogen) atoms. The maximum atomic E-state index is 13.6. The van der Waals surface area contributed by atoms with Crippen LogP contribution in [0.1, 0.15) is 44.2 Å². The van der Waals surface area contributed by atoms with Gasteiger partial charge in [-0.25, -0.2) is 0 Å². The van der Waals surface area contributed by atoms with Crippen LogP contribution in [0.15, 0.2) is 57.8 Å². The number of hydrogen-bond donors (Lipinski definition) is 0. The fraction of sp³-hybridized carbons (Fsp3) is 0.381. The van der Waals surface area contributed by atoms with Crippen molar-refractivity contribution < 1.29 is 14.1 Å². The minimum absolute atomic E-state index is 0.175. The highest BCUT2D eigenvalue weighted by atomic mass is 32.3. The molecular formula is C21H25NO3S. The number of fused-ring (bicyclic) bond motifs is 1. The second kappa shape index (κ2) is 6.97. The van der Waals surface area contributed by atoms with Crippen molar-refractivity contribution in [2.75, 3.05) is 5.75 Å². The SMILES string of the molecule is Cc1ccc2c(c1)N=[S+]([O-])(c1ccccc1)C[C@H]2CC(=O)OC(C)(C)C. The molecule has 0 aliphatic carbocycles. The number of ether oxygens (including phenoxy) is 1. The molecule has 0 saturated carbocycles. The molecule has 1 unspecified atom stereocenters. The van der Waals surface area contributed by atoms with E-state index in [1.165, 1.54) is 0 Å². The van der Waals surface area contributed by atoms with E-state index >= 15 is 0 Å². The van der Waals surface area contributed by atoms with Gasteiger partial charge < -0.3 is 9.29 Å². The Morgan fingerprint density at radius 1 is 1.23 bits per heavy atom. The highest BCUT2D eigenvalue weighted by Crippen LogP contribution is 2.41. The lowest BCUT2D eigenvalue weighted by Crippen LogP contribution is -2.29. The molecule has 1 aliphatic heterocycles. The van der Waals surface area contributed by atoms with E-state index in [0.717, 1.165) is 16.8 Å². The topological polar surface area (TPSA) is 61.7 Å². The Balaban J connectivity index is 2.00. The number of esters is 1. The third-order valence-electron chi connectivity index (χ3n) is 4.24. The molecule has 0 radical (unpaired) electrons. The van der Waals surface area contributed by atoms with Crippen molar-refractivity contribution in [2.24, 2.45) is 4.36 Å². The average molecular weight is 372 g/mol. The molecule has 0 fully saturated rings. The first-order valence-corrected chi connectivity index (χ1v) is 10.5. The van der Waals surface area contributed by atoms with Crippen LogP contribution in [0.25, 0.3) is 0 Å². The predicted octanol–water partition coefficient (Wildman–Crippen LogP) is 4.98. The Hall–Kier alpha value is -1.98. The van der Waals surface area contributed by atoms with Gasteiger partial charge in [-0.15, -0.1) is 4.36 Å². The summed E-state index contributed by atoms with van der Waals surface area (Å²) in [4.78, 5) is 13.1. The van der Waals surface area contributed by atoms with Crippen LogP contribution in [0.5, 0.6) is 0 Å². The zero-order valence-electron chi connectivity index (χ0n) is 15.7. The van der Waals surface area contributed by atoms with E-state index in [0.29, 0.717) is 10.6 Å². The summed E-state index contributed by atoms with van der Waals surface area (Å²) in [6, 6.07) is 15.3. The van der Waals surface area contributed by atoms with Crippen LogP contribution in [-0.2, 0) is 19.6 Å². The van der Waals surface area contributed by atoms with E-state index in [-0.39, 0.29) is 18.3 Å². The summed E-state index contributed by atoms with van der Waals surface area (Å²) < 4.78 is 23.7. The Morgan fingerprint density at radius 3 is 2.58 bits per heavy atom. The van der Waals surface area contributed by atoms with E-state index in [1.807, 2.05) is 76.2 Å². The second-order valence-electron chi connectivity index (χ2n) is 7.76. The molecule has 0 saturated heterocycles. The van der Waals surface area contributed by atoms with Gasteiger partial charge in [0.25, 0.3) is 0 Å². The van der Waals surface area contributed by atoms with Gasteiger partial charge in [-0.05, 0) is 67.1 Å². The summed E-state index contributed by atoms with van der Waals surface area (Å²) in [6.45, 7) is 7.54. The maximum absolute atomic E-state index is 13.6. The third kappa shape index (κ3) is 4.22. The average Bonchev–Trinajstić information content (AvgIpc) is 2.53. The molecule has 2 aromatic carbocycles. The molecule has 138 valence electrons. The Kier molecular flexibility index (Phi) is 5.04. The van der Waals surface area contributed by atoms with Gasteiger partial charge in [0.1, 0.15) is 21.9 Å². The first kappa shape index (κ1) is 18.8. The largest absolute Gasteiger partial charge is 0.626 e. The van der Waals surface area contributed by atoms with E-state index < -0.39 is 15.7 Å². The van der Waals surface area contributed by atoms with E-state index in [4.69, 9.17) is 4.74 Å². The molecule has 0 aromatic heterocycles. The van der Waals surface area contributed by atoms with Crippen molar-refractivity contribution in [1.29, 1.82) is 0 Å². The van der Waals surface area contributed by atoms with Gasteiger partial charge in [0.2, 0.25) is 0 Å². The van der Waals surface area contributed by atoms with Gasteiger partial charge in [0, 0.05) is 5.92 Å². The monoisotopic (exact) mass is 371 g/mol. The molecule has 5 heteroatoms. The fourth-order valence-electron chi connectivity index (χ4n) is 3.17. The van der Waals surface area contributed by atoms with Crippen molar-refractivity contribution in [2.45, 2.75) is 50.5 Å². The predicted molar refractivity (Wildman–Crippen MR) is 104 cm³/mol. The van der Waals surface area contributed by atoms with E-state index in [1.54, 1.807) is 0 Å². The number of rotatable bonds is 3. The smallest absolute Gasteiger partial charge is 0.307 e. The van der Waals surface area contributed by atoms with Crippen LogP contribution in [0.2, 0.25) is 0 Å². The Bertz CT molecular complexity index is 869. The minimum atomic E-state index is -2.62. The van der Waals surface area contributed by atoms with Gasteiger partial charge in [-0.3, -0.25) is 4.79 Å². The molecule has 1 aliphatic rings. The van der Waals surface area contributed by atoms with Crippen molar-refractivity contribution in [1.82, 2.24) is 0 Å². The molecule has 2 aromatic rings. The lowest BCUT2D eigenvalue weighted by molar-refractivity contribution is -0.155. The van der Waals surface area contributed by atoms with Gasteiger partial charge in [-0.2, -0.15) is 0 Å². The molecular weight excluding hydrogens is 346 g/mol. The van der Waals surface area contributed by atoms with Gasteiger partial charge in [-0.1, -0.05) is 30.3 Å². The van der Waals surface area contributed by atoms with Crippen molar-refractivity contribution in [3.05, 3.63) is 59.7 Å². The molecule has 0 amide bonds. The van der Waals surface area contributed by atoms with E-state index in [2.05, 4.69) is 4.36 Å². The normalized spacial score (nSPS) is 22.3. The summed E-state index contributed by atoms with van der Waals surface area (Å²) in [5, 5.41) is 0. The summed E-state index contributed by atoms with van der Waals surface area (Å²) in [6.07, 6.45) is 0.201. The van der Waals surface area contributed by atoms with Crippen molar-refractivity contribution >= 4 is 21.8 Å². The minimum Gasteiger partial charge on any atom is -0.626 e. The number of hydrogen-bond acceptors (Lipinski definition) is 4. The molecule has 1 heterocycles. The zero-order chi connectivity index (χ0) is 18.9. The molecule has 0 spiro atoms. The van der Waals surface area contributed by atoms with Gasteiger partial charge in [0.15, 0.2) is 0 Å². The van der Waals surface area contributed by atoms with Crippen molar-refractivity contribution in [3.8, 4) is 0 Å². The number of nitrogens with zero attached hydrogens (tertiary/aromatic N) is 1. The number of carbonyl (C=O) groups is 1. The van der Waals surface area contributed by atoms with Crippen LogP contribution in [0.3, 0.4) is 0 Å². The zero-order valence-corrected chi connectivity index (χ0v) is 16.5. The molecule has 3 rings (SSSR count). The maximum Gasteiger partial charge on any atom is 0.307 e. The van der Waals surface area contributed by atoms with Crippen LogP contribution in [0, 0.1) is 6.92 Å². The molecule has 2 atom stereocenters. The van der Waals surface area contributed by atoms with Gasteiger partial charge in [0.05, 0.1) is 6.42 Å². The quantitative estimate of drug-likeness (QED) is 0.564. The summed E-state index contributed by atoms with van der Waals surface area (Å²) in [7, 11) is -2.62. The lowest BCUT2D eigenvalue weighted by atomic mass is 9.94. The van der Waals surface area contributed by atoms with Crippen LogP contribution < -0.4 is 0 Å². The van der Waals surface area contributed by atoms with E-state index in [9.17, 15) is 9.35 Å². The summed E-state index contributed by atoms with van der Waals surface area (Å²) >= 11 is 0. The number of carbonyl (C=O) groups excluding carboxylic acids is 1. The fourth-order valence-corrected chi connectivity index (χ4v) is 5.45. The molecule has 4 nitrogen and oxygen atoms in total. The Morgan fingerprint density at radius 2 is 1.92 bits per heavy atom. The number of aryl methyl sites for hydroxylation is 1. The number of benzene rings is 2. The Labute approximate surface area is 156 Å². The van der Waals surface area contributed by atoms with Crippen LogP contribution in [0.4, 0.5) is 5.69 Å². The lowest BCUT2D eigenvalue weighted by Gasteiger charge is -2.32.